The molecule has 0 aliphatic carbocycles. The Kier molecular flexibility index (Phi) is 5.35. The SMILES string of the molecule is C=CCn1c(=O)c2ccccc2n(CC(=O)N[C@H](C)c2ccccc2)c1=O. The number of amides is 1. The fourth-order valence-corrected chi connectivity index (χ4v) is 3.07. The van der Waals surface area contributed by atoms with Gasteiger partial charge >= 0.3 is 5.69 Å². The van der Waals surface area contributed by atoms with Gasteiger partial charge in [-0.2, -0.15) is 0 Å². The van der Waals surface area contributed by atoms with Crippen LogP contribution in [0.1, 0.15) is 18.5 Å². The van der Waals surface area contributed by atoms with Crippen LogP contribution < -0.4 is 16.6 Å². The number of carbonyl (C=O) groups excluding carboxylic acids is 1. The van der Waals surface area contributed by atoms with Gasteiger partial charge in [-0.05, 0) is 24.6 Å². The molecule has 3 rings (SSSR count). The van der Waals surface area contributed by atoms with Crippen molar-refractivity contribution < 1.29 is 4.79 Å². The van der Waals surface area contributed by atoms with Gasteiger partial charge in [-0.3, -0.25) is 18.7 Å². The molecule has 1 heterocycles. The van der Waals surface area contributed by atoms with E-state index in [1.165, 1.54) is 10.6 Å². The lowest BCUT2D eigenvalue weighted by Crippen LogP contribution is -2.42. The molecule has 1 aromatic heterocycles. The number of fused-ring (bicyclic) bond motifs is 1. The van der Waals surface area contributed by atoms with E-state index in [0.29, 0.717) is 10.9 Å². The minimum absolute atomic E-state index is 0.0878. The highest BCUT2D eigenvalue weighted by Gasteiger charge is 2.16. The zero-order valence-electron chi connectivity index (χ0n) is 15.1. The molecule has 0 unspecified atom stereocenters. The van der Waals surface area contributed by atoms with Gasteiger partial charge in [-0.25, -0.2) is 4.79 Å². The van der Waals surface area contributed by atoms with Crippen molar-refractivity contribution in [3.05, 3.63) is 93.7 Å². The summed E-state index contributed by atoms with van der Waals surface area (Å²) in [6.07, 6.45) is 1.49. The minimum atomic E-state index is -0.527. The normalized spacial score (nSPS) is 11.9. The molecule has 0 radical (unpaired) electrons. The molecule has 3 aromatic rings. The van der Waals surface area contributed by atoms with Gasteiger partial charge in [0.05, 0.1) is 16.9 Å². The van der Waals surface area contributed by atoms with Gasteiger partial charge in [0.2, 0.25) is 5.91 Å². The maximum Gasteiger partial charge on any atom is 0.332 e. The first-order valence-electron chi connectivity index (χ1n) is 8.70. The molecule has 0 fully saturated rings. The molecule has 0 aliphatic rings. The number of allylic oxidation sites excluding steroid dienone is 1. The number of hydrogen-bond acceptors (Lipinski definition) is 3. The molecular formula is C21H21N3O3. The van der Waals surface area contributed by atoms with Gasteiger partial charge in [0.15, 0.2) is 0 Å². The highest BCUT2D eigenvalue weighted by atomic mass is 16.2. The van der Waals surface area contributed by atoms with E-state index < -0.39 is 5.69 Å². The van der Waals surface area contributed by atoms with E-state index in [4.69, 9.17) is 0 Å². The molecule has 138 valence electrons. The average Bonchev–Trinajstić information content (AvgIpc) is 2.69. The molecule has 0 saturated heterocycles. The average molecular weight is 363 g/mol. The Bertz CT molecular complexity index is 1100. The van der Waals surface area contributed by atoms with Crippen LogP contribution in [-0.2, 0) is 17.9 Å². The third-order valence-corrected chi connectivity index (χ3v) is 4.42. The summed E-state index contributed by atoms with van der Waals surface area (Å²) in [5, 5.41) is 3.29. The van der Waals surface area contributed by atoms with E-state index in [2.05, 4.69) is 11.9 Å². The molecule has 0 aliphatic heterocycles. The first kappa shape index (κ1) is 18.4. The highest BCUT2D eigenvalue weighted by Crippen LogP contribution is 2.12. The van der Waals surface area contributed by atoms with Crippen molar-refractivity contribution in [2.45, 2.75) is 26.1 Å². The van der Waals surface area contributed by atoms with Gasteiger partial charge in [-0.1, -0.05) is 48.5 Å². The van der Waals surface area contributed by atoms with Crippen LogP contribution in [0.2, 0.25) is 0 Å². The third-order valence-electron chi connectivity index (χ3n) is 4.42. The van der Waals surface area contributed by atoms with Crippen molar-refractivity contribution in [3.63, 3.8) is 0 Å². The van der Waals surface area contributed by atoms with Crippen LogP contribution >= 0.6 is 0 Å². The van der Waals surface area contributed by atoms with Crippen LogP contribution in [0.25, 0.3) is 10.9 Å². The first-order chi connectivity index (χ1) is 13.0. The van der Waals surface area contributed by atoms with E-state index in [1.54, 1.807) is 24.3 Å². The lowest BCUT2D eigenvalue weighted by molar-refractivity contribution is -0.122. The van der Waals surface area contributed by atoms with Crippen molar-refractivity contribution in [1.29, 1.82) is 0 Å². The Morgan fingerprint density at radius 2 is 1.74 bits per heavy atom. The van der Waals surface area contributed by atoms with Crippen LogP contribution in [0, 0.1) is 0 Å². The van der Waals surface area contributed by atoms with Crippen molar-refractivity contribution in [2.24, 2.45) is 0 Å². The molecule has 0 saturated carbocycles. The number of nitrogens with zero attached hydrogens (tertiary/aromatic N) is 2. The van der Waals surface area contributed by atoms with Gasteiger partial charge in [-0.15, -0.1) is 6.58 Å². The number of aromatic nitrogens is 2. The number of benzene rings is 2. The maximum absolute atomic E-state index is 12.8. The monoisotopic (exact) mass is 363 g/mol. The van der Waals surface area contributed by atoms with E-state index in [9.17, 15) is 14.4 Å². The molecule has 0 bridgehead atoms. The largest absolute Gasteiger partial charge is 0.348 e. The summed E-state index contributed by atoms with van der Waals surface area (Å²) >= 11 is 0. The zero-order valence-corrected chi connectivity index (χ0v) is 15.1. The molecule has 27 heavy (non-hydrogen) atoms. The number of para-hydroxylation sites is 1. The zero-order chi connectivity index (χ0) is 19.4. The highest BCUT2D eigenvalue weighted by molar-refractivity contribution is 5.81. The van der Waals surface area contributed by atoms with E-state index >= 15 is 0 Å². The van der Waals surface area contributed by atoms with Crippen LogP contribution in [0.4, 0.5) is 0 Å². The predicted molar refractivity (Wildman–Crippen MR) is 106 cm³/mol. The number of carbonyl (C=O) groups is 1. The molecule has 6 heteroatoms. The second-order valence-electron chi connectivity index (χ2n) is 6.29. The molecule has 6 nitrogen and oxygen atoms in total. The Morgan fingerprint density at radius 1 is 1.07 bits per heavy atom. The summed E-state index contributed by atoms with van der Waals surface area (Å²) in [7, 11) is 0. The van der Waals surface area contributed by atoms with E-state index in [1.807, 2.05) is 37.3 Å². The topological polar surface area (TPSA) is 73.1 Å². The summed E-state index contributed by atoms with van der Waals surface area (Å²) < 4.78 is 2.41. The van der Waals surface area contributed by atoms with Gasteiger partial charge in [0.25, 0.3) is 5.56 Å². The van der Waals surface area contributed by atoms with E-state index in [0.717, 1.165) is 10.1 Å². The fraction of sp³-hybridized carbons (Fsp3) is 0.190. The number of rotatable bonds is 6. The van der Waals surface area contributed by atoms with Crippen molar-refractivity contribution in [3.8, 4) is 0 Å². The van der Waals surface area contributed by atoms with Crippen LogP contribution in [0.15, 0.2) is 76.8 Å². The van der Waals surface area contributed by atoms with Crippen molar-refractivity contribution in [2.75, 3.05) is 0 Å². The summed E-state index contributed by atoms with van der Waals surface area (Å²) in [6.45, 7) is 5.39. The number of nitrogens with one attached hydrogen (secondary N) is 1. The maximum atomic E-state index is 12.8. The van der Waals surface area contributed by atoms with Crippen LogP contribution in [-0.4, -0.2) is 15.0 Å². The second kappa shape index (κ2) is 7.86. The van der Waals surface area contributed by atoms with E-state index in [-0.39, 0.29) is 30.6 Å². The predicted octanol–water partition coefficient (Wildman–Crippen LogP) is 2.23. The summed E-state index contributed by atoms with van der Waals surface area (Å²) in [5.74, 6) is -0.303. The Labute approximate surface area is 156 Å². The Balaban J connectivity index is 1.96. The van der Waals surface area contributed by atoms with Gasteiger partial charge < -0.3 is 5.32 Å². The molecule has 1 N–H and O–H groups in total. The summed E-state index contributed by atoms with van der Waals surface area (Å²) in [5.41, 5.74) is 0.501. The smallest absolute Gasteiger partial charge is 0.332 e. The molecular weight excluding hydrogens is 342 g/mol. The Hall–Kier alpha value is -3.41. The van der Waals surface area contributed by atoms with Crippen molar-refractivity contribution >= 4 is 16.8 Å². The second-order valence-corrected chi connectivity index (χ2v) is 6.29. The minimum Gasteiger partial charge on any atom is -0.348 e. The molecule has 1 atom stereocenters. The van der Waals surface area contributed by atoms with Crippen LogP contribution in [0.3, 0.4) is 0 Å². The molecule has 1 amide bonds. The van der Waals surface area contributed by atoms with Crippen LogP contribution in [0.5, 0.6) is 0 Å². The Morgan fingerprint density at radius 3 is 2.44 bits per heavy atom. The van der Waals surface area contributed by atoms with Gasteiger partial charge in [0, 0.05) is 6.54 Å². The number of hydrogen-bond donors (Lipinski definition) is 1. The van der Waals surface area contributed by atoms with Crippen molar-refractivity contribution in [1.82, 2.24) is 14.5 Å². The molecule has 0 spiro atoms. The third kappa shape index (κ3) is 3.74. The van der Waals surface area contributed by atoms with Gasteiger partial charge in [0.1, 0.15) is 6.54 Å². The lowest BCUT2D eigenvalue weighted by atomic mass is 10.1. The summed E-state index contributed by atoms with van der Waals surface area (Å²) in [4.78, 5) is 37.9. The molecule has 2 aromatic carbocycles. The first-order valence-corrected chi connectivity index (χ1v) is 8.70. The lowest BCUT2D eigenvalue weighted by Gasteiger charge is -2.16. The standard InChI is InChI=1S/C21H21N3O3/c1-3-13-23-20(26)17-11-7-8-12-18(17)24(21(23)27)14-19(25)22-15(2)16-9-5-4-6-10-16/h3-12,15H,1,13-14H2,2H3,(H,22,25)/t15-/m1/s1. The summed E-state index contributed by atoms with van der Waals surface area (Å²) in [6, 6.07) is 16.2. The fourth-order valence-electron chi connectivity index (χ4n) is 3.07. The quantitative estimate of drug-likeness (QED) is 0.683.